The maximum atomic E-state index is 5.70. The van der Waals surface area contributed by atoms with Crippen LogP contribution in [0.4, 0.5) is 0 Å². The lowest BCUT2D eigenvalue weighted by atomic mass is 9.95. The summed E-state index contributed by atoms with van der Waals surface area (Å²) in [6, 6.07) is 4.64. The summed E-state index contributed by atoms with van der Waals surface area (Å²) in [5, 5.41) is 3.61. The Balaban J connectivity index is 2.76. The van der Waals surface area contributed by atoms with Gasteiger partial charge in [0.25, 0.3) is 0 Å². The van der Waals surface area contributed by atoms with E-state index < -0.39 is 0 Å². The maximum absolute atomic E-state index is 5.70. The number of nitrogens with zero attached hydrogens (tertiary/aromatic N) is 1. The molecule has 0 saturated heterocycles. The van der Waals surface area contributed by atoms with Crippen LogP contribution >= 0.6 is 0 Å². The molecule has 0 amide bonds. The molecule has 2 unspecified atom stereocenters. The van der Waals surface area contributed by atoms with Gasteiger partial charge < -0.3 is 10.1 Å². The lowest BCUT2D eigenvalue weighted by molar-refractivity contribution is 0.0330. The van der Waals surface area contributed by atoms with Gasteiger partial charge in [0.05, 0.1) is 6.10 Å². The first-order valence-electron chi connectivity index (χ1n) is 7.82. The lowest BCUT2D eigenvalue weighted by Gasteiger charge is -2.30. The quantitative estimate of drug-likeness (QED) is 0.753. The van der Waals surface area contributed by atoms with Crippen molar-refractivity contribution in [2.24, 2.45) is 5.92 Å². The summed E-state index contributed by atoms with van der Waals surface area (Å²) in [5.41, 5.74) is 2.43. The highest BCUT2D eigenvalue weighted by Gasteiger charge is 2.24. The fraction of sp³-hybridized carbons (Fsp3) is 0.706. The summed E-state index contributed by atoms with van der Waals surface area (Å²) < 4.78 is 5.70. The Kier molecular flexibility index (Phi) is 7.78. The highest BCUT2D eigenvalue weighted by Crippen LogP contribution is 2.15. The van der Waals surface area contributed by atoms with E-state index in [-0.39, 0.29) is 6.10 Å². The molecule has 3 nitrogen and oxygen atoms in total. The number of pyridine rings is 1. The number of aryl methyl sites for hydroxylation is 1. The van der Waals surface area contributed by atoms with Crippen LogP contribution in [0.3, 0.4) is 0 Å². The predicted octanol–water partition coefficient (Wildman–Crippen LogP) is 3.23. The van der Waals surface area contributed by atoms with Crippen LogP contribution in [0.15, 0.2) is 18.3 Å². The molecule has 1 aromatic heterocycles. The first-order chi connectivity index (χ1) is 9.62. The Labute approximate surface area is 124 Å². The minimum Gasteiger partial charge on any atom is -0.380 e. The molecular formula is C17H30N2O. The molecule has 1 heterocycles. The molecule has 0 radical (unpaired) electrons. The normalized spacial score (nSPS) is 14.5. The number of methoxy groups -OCH3 is 1. The SMILES string of the molecule is CCCNC(Cc1ccc(CC)cn1)C(OC)C(C)C. The molecule has 114 valence electrons. The number of hydrogen-bond donors (Lipinski definition) is 1. The second-order valence-electron chi connectivity index (χ2n) is 5.72. The molecule has 0 saturated carbocycles. The summed E-state index contributed by atoms with van der Waals surface area (Å²) in [6.07, 6.45) is 5.30. The van der Waals surface area contributed by atoms with Gasteiger partial charge in [0.15, 0.2) is 0 Å². The number of aromatic nitrogens is 1. The standard InChI is InChI=1S/C17H30N2O/c1-6-10-18-16(17(20-5)13(3)4)11-15-9-8-14(7-2)12-19-15/h8-9,12-13,16-18H,6-7,10-11H2,1-5H3. The van der Waals surface area contributed by atoms with Gasteiger partial charge in [-0.3, -0.25) is 4.98 Å². The van der Waals surface area contributed by atoms with E-state index in [0.29, 0.717) is 12.0 Å². The van der Waals surface area contributed by atoms with E-state index in [4.69, 9.17) is 4.74 Å². The van der Waals surface area contributed by atoms with Crippen molar-refractivity contribution in [1.82, 2.24) is 10.3 Å². The predicted molar refractivity (Wildman–Crippen MR) is 85.0 cm³/mol. The molecule has 20 heavy (non-hydrogen) atoms. The van der Waals surface area contributed by atoms with Crippen molar-refractivity contribution in [3.63, 3.8) is 0 Å². The third kappa shape index (κ3) is 5.22. The number of hydrogen-bond acceptors (Lipinski definition) is 3. The molecule has 0 fully saturated rings. The van der Waals surface area contributed by atoms with E-state index in [1.54, 1.807) is 7.11 Å². The van der Waals surface area contributed by atoms with Crippen LogP contribution in [0, 0.1) is 5.92 Å². The molecule has 2 atom stereocenters. The molecule has 1 rings (SSSR count). The topological polar surface area (TPSA) is 34.2 Å². The van der Waals surface area contributed by atoms with Gasteiger partial charge in [-0.05, 0) is 36.9 Å². The maximum Gasteiger partial charge on any atom is 0.0750 e. The third-order valence-electron chi connectivity index (χ3n) is 3.71. The van der Waals surface area contributed by atoms with E-state index in [1.165, 1.54) is 5.56 Å². The Morgan fingerprint density at radius 3 is 2.45 bits per heavy atom. The molecule has 0 aromatic carbocycles. The van der Waals surface area contributed by atoms with Crippen molar-refractivity contribution in [3.8, 4) is 0 Å². The summed E-state index contributed by atoms with van der Waals surface area (Å²) >= 11 is 0. The van der Waals surface area contributed by atoms with Crippen LogP contribution in [0.2, 0.25) is 0 Å². The van der Waals surface area contributed by atoms with Gasteiger partial charge in [0.1, 0.15) is 0 Å². The van der Waals surface area contributed by atoms with Gasteiger partial charge in [-0.15, -0.1) is 0 Å². The highest BCUT2D eigenvalue weighted by molar-refractivity contribution is 5.15. The molecule has 0 aliphatic carbocycles. The van der Waals surface area contributed by atoms with Crippen LogP contribution in [0.5, 0.6) is 0 Å². The fourth-order valence-corrected chi connectivity index (χ4v) is 2.55. The van der Waals surface area contributed by atoms with Crippen LogP contribution in [-0.2, 0) is 17.6 Å². The molecule has 1 N–H and O–H groups in total. The molecule has 0 spiro atoms. The molecule has 0 aliphatic rings. The molecule has 3 heteroatoms. The van der Waals surface area contributed by atoms with Crippen molar-refractivity contribution in [2.45, 2.75) is 59.1 Å². The number of ether oxygens (including phenoxy) is 1. The van der Waals surface area contributed by atoms with Crippen LogP contribution in [-0.4, -0.2) is 30.8 Å². The van der Waals surface area contributed by atoms with Gasteiger partial charge in [0, 0.05) is 31.5 Å². The molecule has 0 aliphatic heterocycles. The van der Waals surface area contributed by atoms with Crippen LogP contribution in [0.1, 0.15) is 45.4 Å². The van der Waals surface area contributed by atoms with Crippen molar-refractivity contribution in [3.05, 3.63) is 29.6 Å². The monoisotopic (exact) mass is 278 g/mol. The minimum atomic E-state index is 0.217. The van der Waals surface area contributed by atoms with Crippen molar-refractivity contribution >= 4 is 0 Å². The highest BCUT2D eigenvalue weighted by atomic mass is 16.5. The Bertz CT molecular complexity index is 362. The van der Waals surface area contributed by atoms with E-state index in [9.17, 15) is 0 Å². The van der Waals surface area contributed by atoms with E-state index in [0.717, 1.165) is 31.5 Å². The average molecular weight is 278 g/mol. The van der Waals surface area contributed by atoms with E-state index in [1.807, 2.05) is 6.20 Å². The molecule has 0 bridgehead atoms. The van der Waals surface area contributed by atoms with Crippen molar-refractivity contribution in [2.75, 3.05) is 13.7 Å². The van der Waals surface area contributed by atoms with Gasteiger partial charge in [-0.1, -0.05) is 33.8 Å². The lowest BCUT2D eigenvalue weighted by Crippen LogP contribution is -2.45. The third-order valence-corrected chi connectivity index (χ3v) is 3.71. The summed E-state index contributed by atoms with van der Waals surface area (Å²) in [6.45, 7) is 9.78. The van der Waals surface area contributed by atoms with Gasteiger partial charge >= 0.3 is 0 Å². The Hall–Kier alpha value is -0.930. The molecule has 1 aromatic rings. The van der Waals surface area contributed by atoms with Gasteiger partial charge in [0.2, 0.25) is 0 Å². The zero-order valence-corrected chi connectivity index (χ0v) is 13.6. The van der Waals surface area contributed by atoms with Crippen LogP contribution < -0.4 is 5.32 Å². The first-order valence-corrected chi connectivity index (χ1v) is 7.82. The average Bonchev–Trinajstić information content (AvgIpc) is 2.45. The minimum absolute atomic E-state index is 0.217. The number of nitrogens with one attached hydrogen (secondary N) is 1. The Morgan fingerprint density at radius 1 is 1.25 bits per heavy atom. The zero-order chi connectivity index (χ0) is 15.0. The summed E-state index contributed by atoms with van der Waals surface area (Å²) in [7, 11) is 1.80. The molecular weight excluding hydrogens is 248 g/mol. The largest absolute Gasteiger partial charge is 0.380 e. The van der Waals surface area contributed by atoms with Gasteiger partial charge in [-0.2, -0.15) is 0 Å². The first kappa shape index (κ1) is 17.1. The fourth-order valence-electron chi connectivity index (χ4n) is 2.55. The summed E-state index contributed by atoms with van der Waals surface area (Å²) in [4.78, 5) is 4.58. The van der Waals surface area contributed by atoms with E-state index >= 15 is 0 Å². The Morgan fingerprint density at radius 2 is 2.00 bits per heavy atom. The zero-order valence-electron chi connectivity index (χ0n) is 13.6. The van der Waals surface area contributed by atoms with Crippen molar-refractivity contribution < 1.29 is 4.74 Å². The second-order valence-corrected chi connectivity index (χ2v) is 5.72. The smallest absolute Gasteiger partial charge is 0.0750 e. The second kappa shape index (κ2) is 9.09. The summed E-state index contributed by atoms with van der Waals surface area (Å²) in [5.74, 6) is 0.490. The van der Waals surface area contributed by atoms with Crippen molar-refractivity contribution in [1.29, 1.82) is 0 Å². The number of rotatable bonds is 9. The van der Waals surface area contributed by atoms with Gasteiger partial charge in [-0.25, -0.2) is 0 Å². The van der Waals surface area contributed by atoms with E-state index in [2.05, 4.69) is 50.1 Å². The van der Waals surface area contributed by atoms with Crippen LogP contribution in [0.25, 0.3) is 0 Å².